The van der Waals surface area contributed by atoms with Gasteiger partial charge in [0, 0.05) is 24.2 Å². The first-order valence-electron chi connectivity index (χ1n) is 12.7. The van der Waals surface area contributed by atoms with Crippen molar-refractivity contribution in [2.75, 3.05) is 6.54 Å². The zero-order valence-electron chi connectivity index (χ0n) is 22.3. The molecule has 0 aliphatic carbocycles. The molecule has 3 aromatic rings. The molecule has 3 rings (SSSR count). The maximum absolute atomic E-state index is 13.4. The number of aromatic hydroxyl groups is 1. The number of nitrogens with zero attached hydrogens (tertiary/aromatic N) is 1. The largest absolute Gasteiger partial charge is 0.508 e. The Balaban J connectivity index is 1.70. The quantitative estimate of drug-likeness (QED) is 0.286. The summed E-state index contributed by atoms with van der Waals surface area (Å²) in [5.41, 5.74) is 8.94. The van der Waals surface area contributed by atoms with E-state index in [1.807, 2.05) is 31.4 Å². The van der Waals surface area contributed by atoms with Crippen LogP contribution in [0.4, 0.5) is 4.39 Å². The van der Waals surface area contributed by atoms with Crippen molar-refractivity contribution in [1.82, 2.24) is 15.6 Å². The summed E-state index contributed by atoms with van der Waals surface area (Å²) in [6.45, 7) is 10.6. The fourth-order valence-electron chi connectivity index (χ4n) is 4.32. The van der Waals surface area contributed by atoms with E-state index < -0.39 is 6.04 Å². The number of benzene rings is 2. The predicted octanol–water partition coefficient (Wildman–Crippen LogP) is 4.87. The highest BCUT2D eigenvalue weighted by molar-refractivity contribution is 7.09. The van der Waals surface area contributed by atoms with Gasteiger partial charge in [0.2, 0.25) is 5.91 Å². The second-order valence-corrected chi connectivity index (χ2v) is 11.9. The fraction of sp³-hybridized carbons (Fsp3) is 0.448. The van der Waals surface area contributed by atoms with Crippen LogP contribution >= 0.6 is 11.3 Å². The highest BCUT2D eigenvalue weighted by Crippen LogP contribution is 2.32. The van der Waals surface area contributed by atoms with Crippen LogP contribution in [0.5, 0.6) is 5.75 Å². The first kappa shape index (κ1) is 28.8. The highest BCUT2D eigenvalue weighted by atomic mass is 32.1. The Kier molecular flexibility index (Phi) is 9.81. The van der Waals surface area contributed by atoms with Crippen LogP contribution in [-0.2, 0) is 23.1 Å². The number of thiazole rings is 1. The summed E-state index contributed by atoms with van der Waals surface area (Å²) in [5.74, 6) is -0.0778. The summed E-state index contributed by atoms with van der Waals surface area (Å²) in [4.78, 5) is 17.9. The predicted molar refractivity (Wildman–Crippen MR) is 148 cm³/mol. The number of hydrogen-bond acceptors (Lipinski definition) is 6. The molecule has 1 heterocycles. The van der Waals surface area contributed by atoms with E-state index in [4.69, 9.17) is 5.73 Å². The van der Waals surface area contributed by atoms with E-state index in [9.17, 15) is 14.3 Å². The minimum atomic E-state index is -0.438. The van der Waals surface area contributed by atoms with E-state index in [0.29, 0.717) is 19.4 Å². The van der Waals surface area contributed by atoms with Gasteiger partial charge in [-0.25, -0.2) is 9.37 Å². The maximum atomic E-state index is 13.4. The normalized spacial score (nSPS) is 14.4. The van der Waals surface area contributed by atoms with Crippen LogP contribution in [-0.4, -0.2) is 34.6 Å². The average Bonchev–Trinajstić information content (AvgIpc) is 3.35. The number of rotatable bonds is 11. The average molecular weight is 527 g/mol. The number of nitrogens with one attached hydrogen (secondary N) is 2. The zero-order chi connectivity index (χ0) is 27.2. The van der Waals surface area contributed by atoms with Gasteiger partial charge in [-0.1, -0.05) is 58.9 Å². The van der Waals surface area contributed by atoms with Gasteiger partial charge in [0.1, 0.15) is 16.6 Å². The van der Waals surface area contributed by atoms with Gasteiger partial charge >= 0.3 is 0 Å². The number of amides is 1. The lowest BCUT2D eigenvalue weighted by molar-refractivity contribution is -0.125. The van der Waals surface area contributed by atoms with E-state index >= 15 is 0 Å². The number of carbonyl (C=O) groups excluding carboxylic acids is 1. The molecule has 0 saturated carbocycles. The van der Waals surface area contributed by atoms with Crippen molar-refractivity contribution < 1.29 is 14.3 Å². The van der Waals surface area contributed by atoms with E-state index in [-0.39, 0.29) is 40.9 Å². The van der Waals surface area contributed by atoms with Crippen LogP contribution < -0.4 is 16.4 Å². The second kappa shape index (κ2) is 12.6. The minimum absolute atomic E-state index is 0.0381. The molecule has 5 N–H and O–H groups in total. The van der Waals surface area contributed by atoms with E-state index in [1.165, 1.54) is 23.5 Å². The topological polar surface area (TPSA) is 100 Å². The second-order valence-electron chi connectivity index (χ2n) is 11.0. The Labute approximate surface area is 223 Å². The van der Waals surface area contributed by atoms with Crippen LogP contribution in [0.25, 0.3) is 0 Å². The van der Waals surface area contributed by atoms with Crippen LogP contribution in [0.2, 0.25) is 0 Å². The van der Waals surface area contributed by atoms with Crippen molar-refractivity contribution in [3.63, 3.8) is 0 Å². The molecular weight excluding hydrogens is 487 g/mol. The molecule has 0 radical (unpaired) electrons. The van der Waals surface area contributed by atoms with Crippen LogP contribution in [0, 0.1) is 11.7 Å². The Morgan fingerprint density at radius 2 is 1.78 bits per heavy atom. The smallest absolute Gasteiger partial charge is 0.237 e. The number of carbonyl (C=O) groups is 1. The monoisotopic (exact) mass is 526 g/mol. The molecule has 0 fully saturated rings. The van der Waals surface area contributed by atoms with Gasteiger partial charge in [-0.05, 0) is 59.1 Å². The molecule has 0 aliphatic rings. The summed E-state index contributed by atoms with van der Waals surface area (Å²) in [7, 11) is 0. The van der Waals surface area contributed by atoms with Gasteiger partial charge in [0.05, 0.1) is 12.1 Å². The Bertz CT molecular complexity index is 1140. The van der Waals surface area contributed by atoms with E-state index in [0.717, 1.165) is 21.7 Å². The van der Waals surface area contributed by atoms with Gasteiger partial charge in [0.25, 0.3) is 0 Å². The van der Waals surface area contributed by atoms with Gasteiger partial charge in [0.15, 0.2) is 0 Å². The third kappa shape index (κ3) is 8.35. The van der Waals surface area contributed by atoms with Crippen molar-refractivity contribution in [2.24, 2.45) is 11.7 Å². The molecule has 8 heteroatoms. The molecule has 0 unspecified atom stereocenters. The van der Waals surface area contributed by atoms with E-state index in [2.05, 4.69) is 36.4 Å². The SMILES string of the molecule is CC(C)[C@H](NC[C@@H](N)Cc1ccc(F)cc1)C(=O)N[C@@H](Cc1ccc(O)c(C(C)(C)C)c1)c1nccs1. The van der Waals surface area contributed by atoms with Crippen molar-refractivity contribution in [2.45, 2.75) is 71.0 Å². The van der Waals surface area contributed by atoms with Gasteiger partial charge in [-0.3, -0.25) is 4.79 Å². The lowest BCUT2D eigenvalue weighted by Crippen LogP contribution is -2.51. The standard InChI is InChI=1S/C29H39FN4O2S/c1-18(2)26(33-17-22(31)14-19-6-9-21(30)10-7-19)27(36)34-24(28-32-12-13-37-28)16-20-8-11-25(35)23(15-20)29(3,4)5/h6-13,15,18,22,24,26,33,35H,14,16-17,31H2,1-5H3,(H,34,36)/t22-,24-,26-/m0/s1. The molecule has 1 aromatic heterocycles. The van der Waals surface area contributed by atoms with Crippen LogP contribution in [0.1, 0.15) is 62.4 Å². The summed E-state index contributed by atoms with van der Waals surface area (Å²) >= 11 is 1.50. The van der Waals surface area contributed by atoms with Crippen LogP contribution in [0.3, 0.4) is 0 Å². The molecular formula is C29H39FN4O2S. The first-order chi connectivity index (χ1) is 17.4. The summed E-state index contributed by atoms with van der Waals surface area (Å²) in [6, 6.07) is 11.0. The lowest BCUT2D eigenvalue weighted by Gasteiger charge is -2.27. The third-order valence-electron chi connectivity index (χ3n) is 6.34. The number of aromatic nitrogens is 1. The summed E-state index contributed by atoms with van der Waals surface area (Å²) in [6.07, 6.45) is 2.87. The number of phenolic OH excluding ortho intramolecular Hbond substituents is 1. The van der Waals surface area contributed by atoms with Crippen molar-refractivity contribution in [1.29, 1.82) is 0 Å². The van der Waals surface area contributed by atoms with Crippen molar-refractivity contribution in [3.8, 4) is 5.75 Å². The molecule has 0 aliphatic heterocycles. The molecule has 0 spiro atoms. The first-order valence-corrected chi connectivity index (χ1v) is 13.6. The molecule has 0 bridgehead atoms. The Morgan fingerprint density at radius 1 is 1.11 bits per heavy atom. The molecule has 1 amide bonds. The molecule has 6 nitrogen and oxygen atoms in total. The Morgan fingerprint density at radius 3 is 2.38 bits per heavy atom. The number of nitrogens with two attached hydrogens (primary N) is 1. The lowest BCUT2D eigenvalue weighted by atomic mass is 9.85. The highest BCUT2D eigenvalue weighted by Gasteiger charge is 2.27. The van der Waals surface area contributed by atoms with Gasteiger partial charge < -0.3 is 21.5 Å². The van der Waals surface area contributed by atoms with Gasteiger partial charge in [-0.2, -0.15) is 0 Å². The number of phenols is 1. The molecule has 37 heavy (non-hydrogen) atoms. The number of halogens is 1. The van der Waals surface area contributed by atoms with Crippen LogP contribution in [0.15, 0.2) is 54.0 Å². The summed E-state index contributed by atoms with van der Waals surface area (Å²) < 4.78 is 13.2. The molecule has 200 valence electrons. The zero-order valence-corrected chi connectivity index (χ0v) is 23.1. The van der Waals surface area contributed by atoms with Crippen molar-refractivity contribution >= 4 is 17.2 Å². The van der Waals surface area contributed by atoms with Crippen molar-refractivity contribution in [3.05, 3.63) is 81.6 Å². The molecule has 3 atom stereocenters. The molecule has 0 saturated heterocycles. The summed E-state index contributed by atoms with van der Waals surface area (Å²) in [5, 5.41) is 19.6. The third-order valence-corrected chi connectivity index (χ3v) is 7.22. The van der Waals surface area contributed by atoms with Gasteiger partial charge in [-0.15, -0.1) is 11.3 Å². The van der Waals surface area contributed by atoms with E-state index in [1.54, 1.807) is 24.4 Å². The minimum Gasteiger partial charge on any atom is -0.508 e. The molecule has 2 aromatic carbocycles. The number of hydrogen-bond donors (Lipinski definition) is 4. The fourth-order valence-corrected chi connectivity index (χ4v) is 5.01. The maximum Gasteiger partial charge on any atom is 0.237 e. The Hall–Kier alpha value is -2.81.